The maximum Gasteiger partial charge on any atom is 0.326 e. The third-order valence-corrected chi connectivity index (χ3v) is 3.53. The molecule has 1 atom stereocenters. The fraction of sp³-hybridized carbons (Fsp3) is 0.769. The second-order valence-electron chi connectivity index (χ2n) is 5.06. The number of amides is 1. The van der Waals surface area contributed by atoms with Crippen LogP contribution < -0.4 is 0 Å². The fourth-order valence-corrected chi connectivity index (χ4v) is 2.02. The third kappa shape index (κ3) is 2.71. The highest BCUT2D eigenvalue weighted by Crippen LogP contribution is 2.26. The van der Waals surface area contributed by atoms with Crippen LogP contribution in [0.15, 0.2) is 0 Å². The Morgan fingerprint density at radius 2 is 2.00 bits per heavy atom. The van der Waals surface area contributed by atoms with E-state index in [-0.39, 0.29) is 24.3 Å². The average molecular weight is 255 g/mol. The lowest BCUT2D eigenvalue weighted by molar-refractivity contribution is -0.163. The summed E-state index contributed by atoms with van der Waals surface area (Å²) in [6, 6.07) is 0. The number of likely N-dealkylation sites (tertiary alicyclic amines) is 1. The number of ketones is 1. The van der Waals surface area contributed by atoms with Gasteiger partial charge in [0.15, 0.2) is 11.7 Å². The third-order valence-electron chi connectivity index (χ3n) is 3.53. The van der Waals surface area contributed by atoms with Gasteiger partial charge in [0, 0.05) is 18.5 Å². The van der Waals surface area contributed by atoms with Crippen LogP contribution in [-0.4, -0.2) is 41.3 Å². The van der Waals surface area contributed by atoms with Crippen LogP contribution in [0.25, 0.3) is 0 Å². The number of carbonyl (C=O) groups excluding carboxylic acids is 3. The van der Waals surface area contributed by atoms with Crippen molar-refractivity contribution >= 4 is 17.7 Å². The standard InChI is InChI=1S/C13H21NO4/c1-5-13(3,4)14-8-7-9(15)10(11(14)16)12(17)18-6-2/h10H,5-8H2,1-4H3. The number of rotatable bonds is 4. The molecule has 1 unspecified atom stereocenters. The highest BCUT2D eigenvalue weighted by molar-refractivity contribution is 6.18. The van der Waals surface area contributed by atoms with Crippen molar-refractivity contribution in [1.29, 1.82) is 0 Å². The first-order valence-electron chi connectivity index (χ1n) is 6.36. The summed E-state index contributed by atoms with van der Waals surface area (Å²) in [5.74, 6) is -2.73. The van der Waals surface area contributed by atoms with Crippen molar-refractivity contribution in [2.45, 2.75) is 46.1 Å². The molecular weight excluding hydrogens is 234 g/mol. The van der Waals surface area contributed by atoms with Crippen molar-refractivity contribution in [3.8, 4) is 0 Å². The van der Waals surface area contributed by atoms with Gasteiger partial charge in [0.25, 0.3) is 0 Å². The maximum atomic E-state index is 12.3. The lowest BCUT2D eigenvalue weighted by atomic mass is 9.89. The molecular formula is C13H21NO4. The minimum atomic E-state index is -1.26. The highest BCUT2D eigenvalue weighted by Gasteiger charge is 2.45. The smallest absolute Gasteiger partial charge is 0.326 e. The lowest BCUT2D eigenvalue weighted by Gasteiger charge is -2.41. The minimum absolute atomic E-state index is 0.174. The molecule has 102 valence electrons. The van der Waals surface area contributed by atoms with Gasteiger partial charge in [-0.05, 0) is 27.2 Å². The number of ether oxygens (including phenoxy) is 1. The van der Waals surface area contributed by atoms with Gasteiger partial charge < -0.3 is 9.64 Å². The lowest BCUT2D eigenvalue weighted by Crippen LogP contribution is -2.57. The first kappa shape index (κ1) is 14.7. The van der Waals surface area contributed by atoms with Gasteiger partial charge in [-0.1, -0.05) is 6.92 Å². The summed E-state index contributed by atoms with van der Waals surface area (Å²) in [4.78, 5) is 37.3. The Morgan fingerprint density at radius 3 is 2.50 bits per heavy atom. The molecule has 5 heteroatoms. The number of piperidine rings is 1. The molecule has 0 bridgehead atoms. The molecule has 0 N–H and O–H groups in total. The SMILES string of the molecule is CCOC(=O)C1C(=O)CCN(C(C)(C)CC)C1=O. The van der Waals surface area contributed by atoms with Crippen molar-refractivity contribution in [1.82, 2.24) is 4.90 Å². The number of carbonyl (C=O) groups is 3. The molecule has 1 aliphatic rings. The summed E-state index contributed by atoms with van der Waals surface area (Å²) in [6.45, 7) is 8.06. The molecule has 0 radical (unpaired) electrons. The number of hydrogen-bond acceptors (Lipinski definition) is 4. The van der Waals surface area contributed by atoms with Crippen molar-refractivity contribution in [2.24, 2.45) is 5.92 Å². The summed E-state index contributed by atoms with van der Waals surface area (Å²) >= 11 is 0. The van der Waals surface area contributed by atoms with Gasteiger partial charge in [-0.3, -0.25) is 14.4 Å². The summed E-state index contributed by atoms with van der Waals surface area (Å²) in [5.41, 5.74) is -0.345. The van der Waals surface area contributed by atoms with E-state index in [4.69, 9.17) is 4.74 Å². The van der Waals surface area contributed by atoms with E-state index in [0.29, 0.717) is 6.54 Å². The summed E-state index contributed by atoms with van der Waals surface area (Å²) < 4.78 is 4.81. The van der Waals surface area contributed by atoms with Crippen molar-refractivity contribution in [3.05, 3.63) is 0 Å². The Hall–Kier alpha value is -1.39. The van der Waals surface area contributed by atoms with Gasteiger partial charge in [0.05, 0.1) is 6.61 Å². The van der Waals surface area contributed by atoms with E-state index < -0.39 is 17.8 Å². The predicted octanol–water partition coefficient (Wildman–Crippen LogP) is 1.16. The van der Waals surface area contributed by atoms with E-state index in [1.165, 1.54) is 0 Å². The molecule has 0 aromatic rings. The molecule has 0 aliphatic carbocycles. The number of esters is 1. The number of Topliss-reactive ketones (excluding diaryl/α,β-unsaturated/α-hetero) is 1. The van der Waals surface area contributed by atoms with Crippen LogP contribution in [0, 0.1) is 5.92 Å². The molecule has 1 saturated heterocycles. The van der Waals surface area contributed by atoms with Crippen LogP contribution in [0.2, 0.25) is 0 Å². The van der Waals surface area contributed by atoms with E-state index in [0.717, 1.165) is 6.42 Å². The average Bonchev–Trinajstić information content (AvgIpc) is 2.29. The van der Waals surface area contributed by atoms with Crippen molar-refractivity contribution in [2.75, 3.05) is 13.2 Å². The Labute approximate surface area is 107 Å². The van der Waals surface area contributed by atoms with Gasteiger partial charge in [0.2, 0.25) is 5.91 Å². The quantitative estimate of drug-likeness (QED) is 0.558. The van der Waals surface area contributed by atoms with Gasteiger partial charge in [-0.25, -0.2) is 0 Å². The van der Waals surface area contributed by atoms with Crippen LogP contribution >= 0.6 is 0 Å². The monoisotopic (exact) mass is 255 g/mol. The molecule has 0 spiro atoms. The summed E-state index contributed by atoms with van der Waals surface area (Å²) in [6.07, 6.45) is 0.987. The van der Waals surface area contributed by atoms with Crippen LogP contribution in [0.4, 0.5) is 0 Å². The summed E-state index contributed by atoms with van der Waals surface area (Å²) in [5, 5.41) is 0. The maximum absolute atomic E-state index is 12.3. The second kappa shape index (κ2) is 5.50. The zero-order chi connectivity index (χ0) is 13.9. The second-order valence-corrected chi connectivity index (χ2v) is 5.06. The zero-order valence-electron chi connectivity index (χ0n) is 11.5. The Bertz CT molecular complexity index is 362. The van der Waals surface area contributed by atoms with Crippen LogP contribution in [0.1, 0.15) is 40.5 Å². The molecule has 0 aromatic heterocycles. The molecule has 1 rings (SSSR count). The van der Waals surface area contributed by atoms with Gasteiger partial charge in [0.1, 0.15) is 0 Å². The fourth-order valence-electron chi connectivity index (χ4n) is 2.02. The molecule has 1 fully saturated rings. The number of nitrogens with zero attached hydrogens (tertiary/aromatic N) is 1. The van der Waals surface area contributed by atoms with E-state index in [9.17, 15) is 14.4 Å². The highest BCUT2D eigenvalue weighted by atomic mass is 16.5. The Balaban J connectivity index is 2.94. The van der Waals surface area contributed by atoms with Crippen LogP contribution in [-0.2, 0) is 19.1 Å². The number of hydrogen-bond donors (Lipinski definition) is 0. The van der Waals surface area contributed by atoms with Crippen LogP contribution in [0.3, 0.4) is 0 Å². The van der Waals surface area contributed by atoms with E-state index >= 15 is 0 Å². The zero-order valence-corrected chi connectivity index (χ0v) is 11.5. The van der Waals surface area contributed by atoms with E-state index in [1.807, 2.05) is 20.8 Å². The largest absolute Gasteiger partial charge is 0.465 e. The molecule has 0 saturated carbocycles. The first-order chi connectivity index (χ1) is 8.35. The van der Waals surface area contributed by atoms with Crippen LogP contribution in [0.5, 0.6) is 0 Å². The van der Waals surface area contributed by atoms with Crippen molar-refractivity contribution < 1.29 is 19.1 Å². The Kier molecular flexibility index (Phi) is 4.48. The van der Waals surface area contributed by atoms with Crippen molar-refractivity contribution in [3.63, 3.8) is 0 Å². The molecule has 5 nitrogen and oxygen atoms in total. The molecule has 0 aromatic carbocycles. The first-order valence-corrected chi connectivity index (χ1v) is 6.36. The minimum Gasteiger partial charge on any atom is -0.465 e. The molecule has 1 amide bonds. The van der Waals surface area contributed by atoms with Gasteiger partial charge in [-0.15, -0.1) is 0 Å². The predicted molar refractivity (Wildman–Crippen MR) is 65.8 cm³/mol. The van der Waals surface area contributed by atoms with Gasteiger partial charge >= 0.3 is 5.97 Å². The Morgan fingerprint density at radius 1 is 1.39 bits per heavy atom. The summed E-state index contributed by atoms with van der Waals surface area (Å²) in [7, 11) is 0. The normalized spacial score (nSPS) is 21.1. The van der Waals surface area contributed by atoms with E-state index in [1.54, 1.807) is 11.8 Å². The topological polar surface area (TPSA) is 63.7 Å². The molecule has 1 heterocycles. The van der Waals surface area contributed by atoms with E-state index in [2.05, 4.69) is 0 Å². The molecule has 18 heavy (non-hydrogen) atoms. The molecule has 1 aliphatic heterocycles. The van der Waals surface area contributed by atoms with Gasteiger partial charge in [-0.2, -0.15) is 0 Å².